The third kappa shape index (κ3) is 5.51. The molecule has 0 aliphatic carbocycles. The molecule has 0 spiro atoms. The van der Waals surface area contributed by atoms with Crippen LogP contribution in [0.2, 0.25) is 0 Å². The van der Waals surface area contributed by atoms with Gasteiger partial charge in [0.15, 0.2) is 0 Å². The van der Waals surface area contributed by atoms with Crippen LogP contribution in [0, 0.1) is 5.92 Å². The van der Waals surface area contributed by atoms with Crippen molar-refractivity contribution in [3.8, 4) is 0 Å². The number of anilines is 2. The summed E-state index contributed by atoms with van der Waals surface area (Å²) in [4.78, 5) is 11.3. The van der Waals surface area contributed by atoms with Gasteiger partial charge in [-0.15, -0.1) is 0 Å². The fraction of sp³-hybridized carbons (Fsp3) is 0.562. The Morgan fingerprint density at radius 3 is 2.55 bits per heavy atom. The van der Waals surface area contributed by atoms with Crippen LogP contribution in [0.3, 0.4) is 0 Å². The summed E-state index contributed by atoms with van der Waals surface area (Å²) in [7, 11) is 0. The van der Waals surface area contributed by atoms with Crippen molar-refractivity contribution in [2.45, 2.75) is 46.0 Å². The average Bonchev–Trinajstić information content (AvgIpc) is 2.38. The van der Waals surface area contributed by atoms with Crippen LogP contribution in [0.15, 0.2) is 18.2 Å². The molecule has 1 rings (SSSR count). The Morgan fingerprint density at radius 1 is 1.20 bits per heavy atom. The molecule has 0 saturated heterocycles. The monoisotopic (exact) mass is 277 g/mol. The van der Waals surface area contributed by atoms with Crippen molar-refractivity contribution in [3.63, 3.8) is 0 Å². The van der Waals surface area contributed by atoms with E-state index in [9.17, 15) is 4.79 Å². The van der Waals surface area contributed by atoms with Gasteiger partial charge in [0.25, 0.3) is 5.91 Å². The van der Waals surface area contributed by atoms with E-state index < -0.39 is 5.91 Å². The number of primary amides is 1. The molecule has 0 aliphatic heterocycles. The normalized spacial score (nSPS) is 10.8. The Kier molecular flexibility index (Phi) is 6.91. The quantitative estimate of drug-likeness (QED) is 0.478. The van der Waals surface area contributed by atoms with Gasteiger partial charge in [0.05, 0.1) is 16.9 Å². The number of nitrogen functional groups attached to an aromatic ring is 1. The summed E-state index contributed by atoms with van der Waals surface area (Å²) in [5.41, 5.74) is 12.9. The third-order valence-electron chi connectivity index (χ3n) is 3.37. The number of benzene rings is 1. The highest BCUT2D eigenvalue weighted by molar-refractivity contribution is 6.01. The van der Waals surface area contributed by atoms with E-state index in [4.69, 9.17) is 11.5 Å². The first kappa shape index (κ1) is 16.3. The van der Waals surface area contributed by atoms with Gasteiger partial charge in [-0.05, 0) is 24.5 Å². The predicted molar refractivity (Wildman–Crippen MR) is 85.8 cm³/mol. The zero-order valence-electron chi connectivity index (χ0n) is 12.6. The highest BCUT2D eigenvalue weighted by Gasteiger charge is 2.09. The molecule has 1 aromatic carbocycles. The van der Waals surface area contributed by atoms with Gasteiger partial charge in [-0.3, -0.25) is 4.79 Å². The lowest BCUT2D eigenvalue weighted by molar-refractivity contribution is 0.100. The molecule has 0 unspecified atom stereocenters. The van der Waals surface area contributed by atoms with Crippen molar-refractivity contribution >= 4 is 17.3 Å². The van der Waals surface area contributed by atoms with Crippen molar-refractivity contribution in [3.05, 3.63) is 23.8 Å². The molecule has 4 heteroatoms. The molecule has 0 bridgehead atoms. The molecule has 1 aromatic rings. The number of nitrogens with one attached hydrogen (secondary N) is 1. The number of carbonyl (C=O) groups excluding carboxylic acids is 1. The first-order chi connectivity index (χ1) is 9.52. The second-order valence-electron chi connectivity index (χ2n) is 5.66. The highest BCUT2D eigenvalue weighted by atomic mass is 16.1. The third-order valence-corrected chi connectivity index (χ3v) is 3.37. The lowest BCUT2D eigenvalue weighted by Crippen LogP contribution is -2.16. The van der Waals surface area contributed by atoms with Gasteiger partial charge in [-0.2, -0.15) is 0 Å². The first-order valence-corrected chi connectivity index (χ1v) is 7.44. The number of hydrogen-bond donors (Lipinski definition) is 3. The standard InChI is InChI=1S/C16H27N3O/c1-12(2)8-5-3-4-6-11-19-15-13(16(18)20)9-7-10-14(15)17/h7,9-10,12,19H,3-6,8,11,17H2,1-2H3,(H2,18,20). The van der Waals surface area contributed by atoms with E-state index >= 15 is 0 Å². The fourth-order valence-electron chi connectivity index (χ4n) is 2.22. The Balaban J connectivity index is 2.33. The molecule has 0 radical (unpaired) electrons. The number of carbonyl (C=O) groups is 1. The van der Waals surface area contributed by atoms with Gasteiger partial charge in [0.1, 0.15) is 0 Å². The van der Waals surface area contributed by atoms with E-state index in [-0.39, 0.29) is 0 Å². The van der Waals surface area contributed by atoms with E-state index in [0.29, 0.717) is 16.9 Å². The average molecular weight is 277 g/mol. The van der Waals surface area contributed by atoms with Crippen molar-refractivity contribution in [1.29, 1.82) is 0 Å². The van der Waals surface area contributed by atoms with Gasteiger partial charge < -0.3 is 16.8 Å². The topological polar surface area (TPSA) is 81.1 Å². The van der Waals surface area contributed by atoms with Crippen LogP contribution in [-0.2, 0) is 0 Å². The van der Waals surface area contributed by atoms with E-state index in [1.807, 2.05) is 0 Å². The maximum atomic E-state index is 11.3. The van der Waals surface area contributed by atoms with Crippen molar-refractivity contribution < 1.29 is 4.79 Å². The number of amides is 1. The molecule has 0 atom stereocenters. The van der Waals surface area contributed by atoms with Gasteiger partial charge in [0, 0.05) is 6.54 Å². The minimum absolute atomic E-state index is 0.447. The number of hydrogen-bond acceptors (Lipinski definition) is 3. The van der Waals surface area contributed by atoms with Gasteiger partial charge in [-0.25, -0.2) is 0 Å². The van der Waals surface area contributed by atoms with Crippen LogP contribution >= 0.6 is 0 Å². The summed E-state index contributed by atoms with van der Waals surface area (Å²) in [5.74, 6) is 0.340. The molecule has 0 heterocycles. The minimum atomic E-state index is -0.447. The Morgan fingerprint density at radius 2 is 1.90 bits per heavy atom. The Hall–Kier alpha value is -1.71. The van der Waals surface area contributed by atoms with E-state index in [1.165, 1.54) is 25.7 Å². The highest BCUT2D eigenvalue weighted by Crippen LogP contribution is 2.23. The Labute approximate surface area is 121 Å². The number of unbranched alkanes of at least 4 members (excludes halogenated alkanes) is 3. The maximum Gasteiger partial charge on any atom is 0.250 e. The van der Waals surface area contributed by atoms with Gasteiger partial charge in [-0.1, -0.05) is 45.6 Å². The van der Waals surface area contributed by atoms with Crippen LogP contribution in [0.5, 0.6) is 0 Å². The second-order valence-corrected chi connectivity index (χ2v) is 5.66. The smallest absolute Gasteiger partial charge is 0.250 e. The lowest BCUT2D eigenvalue weighted by Gasteiger charge is -2.12. The molecular weight excluding hydrogens is 250 g/mol. The van der Waals surface area contributed by atoms with E-state index in [2.05, 4.69) is 19.2 Å². The van der Waals surface area contributed by atoms with Crippen LogP contribution in [0.1, 0.15) is 56.3 Å². The molecule has 1 amide bonds. The van der Waals surface area contributed by atoms with Crippen LogP contribution < -0.4 is 16.8 Å². The van der Waals surface area contributed by atoms with Crippen molar-refractivity contribution in [1.82, 2.24) is 0 Å². The summed E-state index contributed by atoms with van der Waals surface area (Å²) in [6.45, 7) is 5.33. The van der Waals surface area contributed by atoms with Gasteiger partial charge in [0.2, 0.25) is 0 Å². The fourth-order valence-corrected chi connectivity index (χ4v) is 2.22. The number of nitrogens with two attached hydrogens (primary N) is 2. The van der Waals surface area contributed by atoms with E-state index in [1.54, 1.807) is 18.2 Å². The summed E-state index contributed by atoms with van der Waals surface area (Å²) in [5, 5.41) is 3.24. The van der Waals surface area contributed by atoms with Gasteiger partial charge >= 0.3 is 0 Å². The molecule has 0 aromatic heterocycles. The number of para-hydroxylation sites is 1. The molecule has 20 heavy (non-hydrogen) atoms. The predicted octanol–water partition coefficient (Wildman–Crippen LogP) is 3.39. The molecule has 0 fully saturated rings. The Bertz CT molecular complexity index is 430. The maximum absolute atomic E-state index is 11.3. The molecule has 112 valence electrons. The molecule has 0 saturated carbocycles. The largest absolute Gasteiger partial charge is 0.397 e. The van der Waals surface area contributed by atoms with Crippen molar-refractivity contribution in [2.24, 2.45) is 11.7 Å². The molecule has 5 N–H and O–H groups in total. The van der Waals surface area contributed by atoms with Crippen molar-refractivity contribution in [2.75, 3.05) is 17.6 Å². The summed E-state index contributed by atoms with van der Waals surface area (Å²) < 4.78 is 0. The molecule has 4 nitrogen and oxygen atoms in total. The molecule has 0 aliphatic rings. The number of rotatable bonds is 9. The first-order valence-electron chi connectivity index (χ1n) is 7.44. The van der Waals surface area contributed by atoms with E-state index in [0.717, 1.165) is 18.9 Å². The SMILES string of the molecule is CC(C)CCCCCCNc1c(N)cccc1C(N)=O. The summed E-state index contributed by atoms with van der Waals surface area (Å²) in [6, 6.07) is 5.22. The summed E-state index contributed by atoms with van der Waals surface area (Å²) in [6.07, 6.45) is 6.11. The minimum Gasteiger partial charge on any atom is -0.397 e. The lowest BCUT2D eigenvalue weighted by atomic mass is 10.0. The second kappa shape index (κ2) is 8.46. The zero-order chi connectivity index (χ0) is 15.0. The van der Waals surface area contributed by atoms with Crippen LogP contribution in [0.4, 0.5) is 11.4 Å². The summed E-state index contributed by atoms with van der Waals surface area (Å²) >= 11 is 0. The molecular formula is C16H27N3O. The zero-order valence-corrected chi connectivity index (χ0v) is 12.6. The van der Waals surface area contributed by atoms with Crippen LogP contribution in [0.25, 0.3) is 0 Å². The van der Waals surface area contributed by atoms with Crippen LogP contribution in [-0.4, -0.2) is 12.5 Å².